The Bertz CT molecular complexity index is 1630. The highest BCUT2D eigenvalue weighted by atomic mass is 35.5. The Kier molecular flexibility index (Phi) is 10.4. The van der Waals surface area contributed by atoms with Gasteiger partial charge in [-0.15, -0.1) is 0 Å². The number of carbonyl (C=O) groups excluding carboxylic acids is 1. The SMILES string of the molecule is CCN(Cc1ccc(Cl)c(Cl)c1)c1ccc(Oc2ccc(CNCC(=O)N3CCN(Cc4ccc5c(c4)OCO5)CC3)cc2)nc1. The van der Waals surface area contributed by atoms with E-state index in [0.717, 1.165) is 67.6 Å². The molecule has 1 aromatic heterocycles. The van der Waals surface area contributed by atoms with Crippen LogP contribution in [0.2, 0.25) is 10.0 Å². The molecule has 0 radical (unpaired) electrons. The van der Waals surface area contributed by atoms with E-state index in [0.29, 0.717) is 41.3 Å². The van der Waals surface area contributed by atoms with Crippen LogP contribution in [0, 0.1) is 0 Å². The number of fused-ring (bicyclic) bond motifs is 1. The van der Waals surface area contributed by atoms with Crippen molar-refractivity contribution in [2.24, 2.45) is 0 Å². The van der Waals surface area contributed by atoms with Crippen LogP contribution in [-0.4, -0.2) is 66.8 Å². The maximum Gasteiger partial charge on any atom is 0.236 e. The Hall–Kier alpha value is -4.02. The fourth-order valence-corrected chi connectivity index (χ4v) is 5.86. The summed E-state index contributed by atoms with van der Waals surface area (Å²) >= 11 is 12.3. The molecule has 4 aromatic rings. The average Bonchev–Trinajstić information content (AvgIpc) is 3.55. The van der Waals surface area contributed by atoms with Crippen LogP contribution < -0.4 is 24.4 Å². The molecule has 0 unspecified atom stereocenters. The van der Waals surface area contributed by atoms with Gasteiger partial charge in [-0.1, -0.05) is 47.5 Å². The minimum atomic E-state index is 0.121. The number of hydrogen-bond donors (Lipinski definition) is 1. The molecule has 6 rings (SSSR count). The number of piperazine rings is 1. The van der Waals surface area contributed by atoms with Gasteiger partial charge in [-0.25, -0.2) is 4.98 Å². The van der Waals surface area contributed by atoms with Crippen molar-refractivity contribution in [3.63, 3.8) is 0 Å². The lowest BCUT2D eigenvalue weighted by atomic mass is 10.1. The Morgan fingerprint density at radius 3 is 2.39 bits per heavy atom. The van der Waals surface area contributed by atoms with Crippen LogP contribution in [0.3, 0.4) is 0 Å². The number of anilines is 1. The summed E-state index contributed by atoms with van der Waals surface area (Å²) in [6.45, 7) is 8.73. The molecule has 2 aliphatic rings. The summed E-state index contributed by atoms with van der Waals surface area (Å²) in [5.41, 5.74) is 4.31. The highest BCUT2D eigenvalue weighted by Crippen LogP contribution is 2.33. The summed E-state index contributed by atoms with van der Waals surface area (Å²) in [5, 5.41) is 4.38. The summed E-state index contributed by atoms with van der Waals surface area (Å²) in [7, 11) is 0. The first kappa shape index (κ1) is 31.9. The van der Waals surface area contributed by atoms with Gasteiger partial charge in [-0.2, -0.15) is 0 Å². The number of carbonyl (C=O) groups is 1. The molecule has 3 heterocycles. The van der Waals surface area contributed by atoms with Gasteiger partial charge < -0.3 is 29.3 Å². The van der Waals surface area contributed by atoms with Gasteiger partial charge in [-0.05, 0) is 66.1 Å². The smallest absolute Gasteiger partial charge is 0.236 e. The van der Waals surface area contributed by atoms with E-state index < -0.39 is 0 Å². The summed E-state index contributed by atoms with van der Waals surface area (Å²) in [6, 6.07) is 23.4. The van der Waals surface area contributed by atoms with E-state index in [1.54, 1.807) is 0 Å². The third-order valence-electron chi connectivity index (χ3n) is 8.14. The molecule has 0 aliphatic carbocycles. The van der Waals surface area contributed by atoms with E-state index in [4.69, 9.17) is 37.4 Å². The summed E-state index contributed by atoms with van der Waals surface area (Å²) in [4.78, 5) is 23.8. The van der Waals surface area contributed by atoms with E-state index >= 15 is 0 Å². The highest BCUT2D eigenvalue weighted by molar-refractivity contribution is 6.42. The van der Waals surface area contributed by atoms with Gasteiger partial charge in [-0.3, -0.25) is 9.69 Å². The topological polar surface area (TPSA) is 79.4 Å². The molecule has 0 atom stereocenters. The Labute approximate surface area is 279 Å². The van der Waals surface area contributed by atoms with Crippen LogP contribution in [-0.2, 0) is 24.4 Å². The largest absolute Gasteiger partial charge is 0.454 e. The lowest BCUT2D eigenvalue weighted by molar-refractivity contribution is -0.132. The number of ether oxygens (including phenoxy) is 3. The van der Waals surface area contributed by atoms with Crippen molar-refractivity contribution in [3.05, 3.63) is 106 Å². The summed E-state index contributed by atoms with van der Waals surface area (Å²) in [5.74, 6) is 2.94. The molecule has 0 saturated carbocycles. The fraction of sp³-hybridized carbons (Fsp3) is 0.314. The molecule has 0 bridgehead atoms. The van der Waals surface area contributed by atoms with E-state index in [9.17, 15) is 4.79 Å². The molecular weight excluding hydrogens is 625 g/mol. The van der Waals surface area contributed by atoms with Crippen molar-refractivity contribution in [1.82, 2.24) is 20.1 Å². The highest BCUT2D eigenvalue weighted by Gasteiger charge is 2.22. The zero-order valence-corrected chi connectivity index (χ0v) is 27.3. The third kappa shape index (κ3) is 8.22. The number of aromatic nitrogens is 1. The van der Waals surface area contributed by atoms with Gasteiger partial charge in [0.25, 0.3) is 0 Å². The molecule has 0 spiro atoms. The number of pyridine rings is 1. The summed E-state index contributed by atoms with van der Waals surface area (Å²) < 4.78 is 16.9. The van der Waals surface area contributed by atoms with Crippen molar-refractivity contribution in [3.8, 4) is 23.1 Å². The van der Waals surface area contributed by atoms with Gasteiger partial charge in [0, 0.05) is 58.4 Å². The Balaban J connectivity index is 0.911. The van der Waals surface area contributed by atoms with Crippen molar-refractivity contribution >= 4 is 34.8 Å². The molecule has 1 saturated heterocycles. The second kappa shape index (κ2) is 15.0. The molecular formula is C35H37Cl2N5O4. The lowest BCUT2D eigenvalue weighted by Gasteiger charge is -2.34. The molecule has 1 N–H and O–H groups in total. The molecule has 2 aliphatic heterocycles. The zero-order valence-electron chi connectivity index (χ0n) is 25.8. The predicted molar refractivity (Wildman–Crippen MR) is 180 cm³/mol. The molecule has 3 aromatic carbocycles. The number of nitrogens with zero attached hydrogens (tertiary/aromatic N) is 4. The number of nitrogens with one attached hydrogen (secondary N) is 1. The first-order valence-corrected chi connectivity index (χ1v) is 16.2. The maximum absolute atomic E-state index is 12.8. The van der Waals surface area contributed by atoms with Gasteiger partial charge in [0.15, 0.2) is 11.5 Å². The fourth-order valence-electron chi connectivity index (χ4n) is 5.54. The van der Waals surface area contributed by atoms with Gasteiger partial charge in [0.2, 0.25) is 18.6 Å². The van der Waals surface area contributed by atoms with Gasteiger partial charge in [0.1, 0.15) is 5.75 Å². The number of rotatable bonds is 12. The second-order valence-electron chi connectivity index (χ2n) is 11.3. The molecule has 46 heavy (non-hydrogen) atoms. The summed E-state index contributed by atoms with van der Waals surface area (Å²) in [6.07, 6.45) is 1.81. The van der Waals surface area contributed by atoms with E-state index in [1.807, 2.05) is 77.8 Å². The molecule has 1 fully saturated rings. The number of benzene rings is 3. The standard InChI is InChI=1S/C35H37Cl2N5O4/c1-2-41(23-26-5-10-30(36)31(37)17-26)28-7-12-34(39-20-28)46-29-8-3-25(4-9-29)19-38-21-35(43)42-15-13-40(14-16-42)22-27-6-11-32-33(18-27)45-24-44-32/h3-12,17-18,20,38H,2,13-16,19,21-24H2,1H3. The normalized spacial score (nSPS) is 14.4. The quantitative estimate of drug-likeness (QED) is 0.188. The van der Waals surface area contributed by atoms with Crippen molar-refractivity contribution in [2.75, 3.05) is 51.0 Å². The first-order valence-electron chi connectivity index (χ1n) is 15.4. The molecule has 11 heteroatoms. The predicted octanol–water partition coefficient (Wildman–Crippen LogP) is 6.37. The molecule has 9 nitrogen and oxygen atoms in total. The molecule has 240 valence electrons. The van der Waals surface area contributed by atoms with Gasteiger partial charge in [0.05, 0.1) is 28.5 Å². The van der Waals surface area contributed by atoms with Gasteiger partial charge >= 0.3 is 0 Å². The van der Waals surface area contributed by atoms with E-state index in [1.165, 1.54) is 5.56 Å². The monoisotopic (exact) mass is 661 g/mol. The van der Waals surface area contributed by atoms with Crippen LogP contribution in [0.25, 0.3) is 0 Å². The zero-order chi connectivity index (χ0) is 31.9. The van der Waals surface area contributed by atoms with Crippen molar-refractivity contribution < 1.29 is 19.0 Å². The maximum atomic E-state index is 12.8. The minimum Gasteiger partial charge on any atom is -0.454 e. The van der Waals surface area contributed by atoms with Crippen molar-refractivity contribution in [1.29, 1.82) is 0 Å². The van der Waals surface area contributed by atoms with E-state index in [2.05, 4.69) is 33.1 Å². The van der Waals surface area contributed by atoms with E-state index in [-0.39, 0.29) is 12.7 Å². The van der Waals surface area contributed by atoms with Crippen molar-refractivity contribution in [2.45, 2.75) is 26.6 Å². The Morgan fingerprint density at radius 1 is 0.891 bits per heavy atom. The molecule has 1 amide bonds. The van der Waals surface area contributed by atoms with Crippen LogP contribution in [0.1, 0.15) is 23.6 Å². The van der Waals surface area contributed by atoms with Crippen LogP contribution in [0.15, 0.2) is 79.0 Å². The van der Waals surface area contributed by atoms with Crippen LogP contribution in [0.4, 0.5) is 5.69 Å². The number of hydrogen-bond acceptors (Lipinski definition) is 8. The lowest BCUT2D eigenvalue weighted by Crippen LogP contribution is -2.50. The van der Waals surface area contributed by atoms with Crippen LogP contribution >= 0.6 is 23.2 Å². The average molecular weight is 663 g/mol. The second-order valence-corrected chi connectivity index (χ2v) is 12.1. The first-order chi connectivity index (χ1) is 22.4. The minimum absolute atomic E-state index is 0.121. The number of amides is 1. The Morgan fingerprint density at radius 2 is 1.65 bits per heavy atom. The van der Waals surface area contributed by atoms with Crippen LogP contribution in [0.5, 0.6) is 23.1 Å². The number of halogens is 2. The third-order valence-corrected chi connectivity index (χ3v) is 8.88.